The van der Waals surface area contributed by atoms with Crippen molar-refractivity contribution < 1.29 is 9.84 Å². The van der Waals surface area contributed by atoms with Gasteiger partial charge in [0.15, 0.2) is 0 Å². The lowest BCUT2D eigenvalue weighted by Gasteiger charge is -2.17. The molecule has 1 saturated heterocycles. The average Bonchev–Trinajstić information content (AvgIpc) is 3.25. The maximum Gasteiger partial charge on any atom is 0.351 e. The smallest absolute Gasteiger partial charge is 0.351 e. The van der Waals surface area contributed by atoms with Crippen LogP contribution in [-0.2, 0) is 4.74 Å². The molecule has 0 radical (unpaired) electrons. The number of aliphatic hydroxyl groups is 1. The molecular formula is C22H35N5O3. The molecule has 0 amide bonds. The van der Waals surface area contributed by atoms with Crippen molar-refractivity contribution in [2.24, 2.45) is 9.98 Å². The minimum Gasteiger partial charge on any atom is -0.394 e. The van der Waals surface area contributed by atoms with Gasteiger partial charge in [0.05, 0.1) is 30.8 Å². The molecule has 1 aliphatic heterocycles. The van der Waals surface area contributed by atoms with Gasteiger partial charge in [-0.3, -0.25) is 4.57 Å². The van der Waals surface area contributed by atoms with Crippen molar-refractivity contribution >= 4 is 11.8 Å². The summed E-state index contributed by atoms with van der Waals surface area (Å²) in [6.07, 6.45) is 15.7. The topological polar surface area (TPSA) is 115 Å². The number of ether oxygens (including phenoxy) is 1. The molecule has 3 aliphatic rings. The second-order valence-corrected chi connectivity index (χ2v) is 8.46. The lowest BCUT2D eigenvalue weighted by molar-refractivity contribution is -0.0245. The standard InChI is InChI=1S/C13H22N2.C9H13N3O3/c1-3-7-12(8-4-1)14-11-15-13-9-5-2-6-10-13;10-7-3-4-12(9(14)11-7)8-2-1-6(5-13)15-8/h12-13H,1-10H2;3-4,6,8,13H,1-2,5H2,(H2,10,11,14)/t;6-,8+/m.0/s1. The van der Waals surface area contributed by atoms with Gasteiger partial charge in [0.2, 0.25) is 0 Å². The van der Waals surface area contributed by atoms with Crippen molar-refractivity contribution in [3.8, 4) is 0 Å². The number of hydrogen-bond donors (Lipinski definition) is 2. The molecule has 1 aromatic rings. The van der Waals surface area contributed by atoms with E-state index in [4.69, 9.17) is 15.6 Å². The van der Waals surface area contributed by atoms with E-state index >= 15 is 0 Å². The van der Waals surface area contributed by atoms with E-state index in [0.717, 1.165) is 6.42 Å². The number of nitrogens with two attached hydrogens (primary N) is 1. The van der Waals surface area contributed by atoms with Crippen LogP contribution in [0, 0.1) is 0 Å². The van der Waals surface area contributed by atoms with Gasteiger partial charge < -0.3 is 15.6 Å². The number of aliphatic hydroxyl groups excluding tert-OH is 1. The molecule has 2 atom stereocenters. The zero-order valence-electron chi connectivity index (χ0n) is 17.8. The normalized spacial score (nSPS) is 25.1. The van der Waals surface area contributed by atoms with E-state index in [1.54, 1.807) is 12.3 Å². The molecule has 166 valence electrons. The van der Waals surface area contributed by atoms with E-state index in [-0.39, 0.29) is 24.8 Å². The zero-order chi connectivity index (χ0) is 21.2. The summed E-state index contributed by atoms with van der Waals surface area (Å²) in [6.45, 7) is -0.0202. The van der Waals surface area contributed by atoms with Gasteiger partial charge in [-0.25, -0.2) is 14.8 Å². The number of rotatable bonds is 4. The fourth-order valence-corrected chi connectivity index (χ4v) is 4.29. The summed E-state index contributed by atoms with van der Waals surface area (Å²) in [4.78, 5) is 24.0. The van der Waals surface area contributed by atoms with Gasteiger partial charge in [-0.15, -0.1) is 0 Å². The average molecular weight is 418 g/mol. The van der Waals surface area contributed by atoms with Crippen molar-refractivity contribution in [3.05, 3.63) is 22.7 Å². The van der Waals surface area contributed by atoms with Crippen molar-refractivity contribution in [3.63, 3.8) is 0 Å². The van der Waals surface area contributed by atoms with Crippen molar-refractivity contribution in [1.82, 2.24) is 9.55 Å². The van der Waals surface area contributed by atoms with Crippen LogP contribution in [0.15, 0.2) is 27.0 Å². The van der Waals surface area contributed by atoms with E-state index in [1.165, 1.54) is 68.8 Å². The molecule has 3 N–H and O–H groups in total. The van der Waals surface area contributed by atoms with E-state index in [1.807, 2.05) is 0 Å². The summed E-state index contributed by atoms with van der Waals surface area (Å²) in [5.41, 5.74) is 4.96. The number of nitrogens with zero attached hydrogens (tertiary/aromatic N) is 4. The first-order valence-corrected chi connectivity index (χ1v) is 11.4. The molecule has 30 heavy (non-hydrogen) atoms. The van der Waals surface area contributed by atoms with Gasteiger partial charge in [-0.1, -0.05) is 38.5 Å². The van der Waals surface area contributed by atoms with Crippen LogP contribution in [0.4, 0.5) is 5.82 Å². The van der Waals surface area contributed by atoms with E-state index < -0.39 is 5.69 Å². The molecule has 0 aromatic carbocycles. The lowest BCUT2D eigenvalue weighted by atomic mass is 9.96. The Morgan fingerprint density at radius 2 is 1.63 bits per heavy atom. The predicted octanol–water partition coefficient (Wildman–Crippen LogP) is 3.32. The molecule has 3 fully saturated rings. The number of hydrogen-bond acceptors (Lipinski definition) is 7. The molecular weight excluding hydrogens is 382 g/mol. The molecule has 2 heterocycles. The summed E-state index contributed by atoms with van der Waals surface area (Å²) in [5, 5.41) is 8.90. The van der Waals surface area contributed by atoms with Crippen molar-refractivity contribution in [1.29, 1.82) is 0 Å². The predicted molar refractivity (Wildman–Crippen MR) is 117 cm³/mol. The third kappa shape index (κ3) is 7.04. The first kappa shape index (κ1) is 22.7. The van der Waals surface area contributed by atoms with Gasteiger partial charge in [0.25, 0.3) is 0 Å². The molecule has 4 rings (SSSR count). The van der Waals surface area contributed by atoms with Gasteiger partial charge in [-0.2, -0.15) is 4.98 Å². The molecule has 2 saturated carbocycles. The molecule has 0 bridgehead atoms. The van der Waals surface area contributed by atoms with Gasteiger partial charge >= 0.3 is 5.69 Å². The highest BCUT2D eigenvalue weighted by atomic mass is 16.5. The van der Waals surface area contributed by atoms with Crippen LogP contribution >= 0.6 is 0 Å². The van der Waals surface area contributed by atoms with Gasteiger partial charge in [0, 0.05) is 6.20 Å². The summed E-state index contributed by atoms with van der Waals surface area (Å²) >= 11 is 0. The van der Waals surface area contributed by atoms with Gasteiger partial charge in [0.1, 0.15) is 12.0 Å². The SMILES string of the molecule is C(=NC1CCCCC1)=NC1CCCCC1.Nc1ccn([C@H]2CC[C@@H](CO)O2)c(=O)n1. The molecule has 2 aliphatic carbocycles. The van der Waals surface area contributed by atoms with E-state index in [0.29, 0.717) is 18.5 Å². The van der Waals surface area contributed by atoms with Crippen LogP contribution in [0.3, 0.4) is 0 Å². The maximum atomic E-state index is 11.5. The maximum absolute atomic E-state index is 11.5. The molecule has 0 unspecified atom stereocenters. The summed E-state index contributed by atoms with van der Waals surface area (Å²) in [6, 6.07) is 5.59. The van der Waals surface area contributed by atoms with Gasteiger partial charge in [-0.05, 0) is 44.6 Å². The second-order valence-electron chi connectivity index (χ2n) is 8.46. The Hall–Kier alpha value is -2.02. The fraction of sp³-hybridized carbons (Fsp3) is 0.773. The molecule has 0 spiro atoms. The quantitative estimate of drug-likeness (QED) is 0.729. The first-order chi connectivity index (χ1) is 14.7. The number of aromatic nitrogens is 2. The Balaban J connectivity index is 0.000000171. The lowest BCUT2D eigenvalue weighted by Crippen LogP contribution is -2.27. The minimum atomic E-state index is -0.418. The van der Waals surface area contributed by atoms with Crippen LogP contribution in [0.1, 0.15) is 83.3 Å². The number of aliphatic imine (C=N–C) groups is 2. The highest BCUT2D eigenvalue weighted by Crippen LogP contribution is 2.26. The van der Waals surface area contributed by atoms with Crippen LogP contribution in [0.5, 0.6) is 0 Å². The highest BCUT2D eigenvalue weighted by Gasteiger charge is 2.26. The first-order valence-electron chi connectivity index (χ1n) is 11.4. The third-order valence-corrected chi connectivity index (χ3v) is 6.08. The van der Waals surface area contributed by atoms with Crippen LogP contribution in [0.25, 0.3) is 0 Å². The summed E-state index contributed by atoms with van der Waals surface area (Å²) < 4.78 is 6.84. The van der Waals surface area contributed by atoms with Crippen molar-refractivity contribution in [2.75, 3.05) is 12.3 Å². The minimum absolute atomic E-state index is 0.0202. The Kier molecular flexibility index (Phi) is 9.05. The van der Waals surface area contributed by atoms with Crippen LogP contribution < -0.4 is 11.4 Å². The molecule has 8 nitrogen and oxygen atoms in total. The zero-order valence-corrected chi connectivity index (χ0v) is 17.8. The number of anilines is 1. The van der Waals surface area contributed by atoms with Crippen molar-refractivity contribution in [2.45, 2.75) is 101 Å². The summed E-state index contributed by atoms with van der Waals surface area (Å²) in [5.74, 6) is 0.202. The van der Waals surface area contributed by atoms with Crippen LogP contribution in [0.2, 0.25) is 0 Å². The summed E-state index contributed by atoms with van der Waals surface area (Å²) in [7, 11) is 0. The van der Waals surface area contributed by atoms with E-state index in [9.17, 15) is 4.79 Å². The van der Waals surface area contributed by atoms with E-state index in [2.05, 4.69) is 21.0 Å². The highest BCUT2D eigenvalue weighted by molar-refractivity contribution is 5.42. The Morgan fingerprint density at radius 1 is 1.03 bits per heavy atom. The Morgan fingerprint density at radius 3 is 2.13 bits per heavy atom. The molecule has 1 aromatic heterocycles. The fourth-order valence-electron chi connectivity index (χ4n) is 4.29. The Bertz CT molecular complexity index is 740. The molecule has 8 heteroatoms. The second kappa shape index (κ2) is 12.0. The third-order valence-electron chi connectivity index (χ3n) is 6.08. The monoisotopic (exact) mass is 417 g/mol. The van der Waals surface area contributed by atoms with Crippen LogP contribution in [-0.4, -0.2) is 45.5 Å². The largest absolute Gasteiger partial charge is 0.394 e. The Labute approximate surface area is 178 Å². The number of nitrogen functional groups attached to an aromatic ring is 1.